The van der Waals surface area contributed by atoms with E-state index in [0.717, 1.165) is 9.35 Å². The van der Waals surface area contributed by atoms with Crippen molar-refractivity contribution in [2.45, 2.75) is 13.5 Å². The molecule has 0 aliphatic heterocycles. The maximum atomic E-state index is 12.5. The van der Waals surface area contributed by atoms with Crippen LogP contribution in [0.25, 0.3) is 16.5 Å². The van der Waals surface area contributed by atoms with Crippen molar-refractivity contribution >= 4 is 44.6 Å². The summed E-state index contributed by atoms with van der Waals surface area (Å²) in [4.78, 5) is 30.1. The van der Waals surface area contributed by atoms with Crippen molar-refractivity contribution in [1.29, 1.82) is 0 Å². The number of aryl methyl sites for hydroxylation is 1. The number of fused-ring (bicyclic) bond motifs is 1. The van der Waals surface area contributed by atoms with Crippen molar-refractivity contribution < 1.29 is 4.79 Å². The maximum Gasteiger partial charge on any atom is 0.275 e. The van der Waals surface area contributed by atoms with Crippen molar-refractivity contribution in [3.05, 3.63) is 68.4 Å². The average molecular weight is 444 g/mol. The number of nitrogens with one attached hydrogen (secondary N) is 1. The van der Waals surface area contributed by atoms with Crippen LogP contribution in [-0.4, -0.2) is 25.1 Å². The Morgan fingerprint density at radius 2 is 2.04 bits per heavy atom. The maximum absolute atomic E-state index is 12.5. The number of rotatable bonds is 4. The van der Waals surface area contributed by atoms with Gasteiger partial charge in [0.15, 0.2) is 5.82 Å². The van der Waals surface area contributed by atoms with Crippen molar-refractivity contribution in [1.82, 2.24) is 19.2 Å². The van der Waals surface area contributed by atoms with E-state index in [1.54, 1.807) is 11.5 Å². The van der Waals surface area contributed by atoms with E-state index in [0.29, 0.717) is 23.0 Å². The third-order valence-electron chi connectivity index (χ3n) is 3.97. The van der Waals surface area contributed by atoms with Crippen LogP contribution in [0.3, 0.4) is 0 Å². The zero-order chi connectivity index (χ0) is 19.0. The normalized spacial score (nSPS) is 11.0. The summed E-state index contributed by atoms with van der Waals surface area (Å²) in [6.07, 6.45) is 0. The lowest BCUT2D eigenvalue weighted by molar-refractivity contribution is -0.116. The summed E-state index contributed by atoms with van der Waals surface area (Å²) in [5.41, 5.74) is 1.06. The molecule has 7 nitrogen and oxygen atoms in total. The van der Waals surface area contributed by atoms with E-state index >= 15 is 0 Å². The lowest BCUT2D eigenvalue weighted by Crippen LogP contribution is -2.25. The molecule has 0 atom stereocenters. The number of hydrogen-bond donors (Lipinski definition) is 1. The average Bonchev–Trinajstić information content (AvgIpc) is 3.30. The highest BCUT2D eigenvalue weighted by atomic mass is 79.9. The van der Waals surface area contributed by atoms with Crippen molar-refractivity contribution in [3.8, 4) is 10.7 Å². The van der Waals surface area contributed by atoms with Crippen LogP contribution in [0, 0.1) is 6.92 Å². The Balaban J connectivity index is 1.69. The molecule has 4 rings (SSSR count). The molecule has 0 radical (unpaired) electrons. The fourth-order valence-electron chi connectivity index (χ4n) is 2.68. The Labute approximate surface area is 166 Å². The lowest BCUT2D eigenvalue weighted by atomic mass is 10.3. The van der Waals surface area contributed by atoms with Gasteiger partial charge in [-0.1, -0.05) is 22.0 Å². The quantitative estimate of drug-likeness (QED) is 0.524. The first-order valence-corrected chi connectivity index (χ1v) is 9.75. The van der Waals surface area contributed by atoms with Crippen molar-refractivity contribution in [2.75, 3.05) is 5.32 Å². The molecule has 0 unspecified atom stereocenters. The van der Waals surface area contributed by atoms with E-state index in [4.69, 9.17) is 0 Å². The number of nitrogens with zero attached hydrogens (tertiary/aromatic N) is 4. The summed E-state index contributed by atoms with van der Waals surface area (Å²) in [5.74, 6) is 0.593. The molecule has 3 aromatic heterocycles. The standard InChI is InChI=1S/C18H14BrN5O2S/c1-11-9-16(26)24-18(21-17(22-24)14-3-2-8-27-14)23(11)10-15(25)20-13-6-4-12(19)5-7-13/h2-9H,10H2,1H3,(H,20,25). The van der Waals surface area contributed by atoms with Crippen LogP contribution in [0.2, 0.25) is 0 Å². The van der Waals surface area contributed by atoms with Gasteiger partial charge in [0.1, 0.15) is 6.54 Å². The van der Waals surface area contributed by atoms with Crippen LogP contribution >= 0.6 is 27.3 Å². The highest BCUT2D eigenvalue weighted by Gasteiger charge is 2.16. The summed E-state index contributed by atoms with van der Waals surface area (Å²) in [5, 5.41) is 9.07. The molecule has 3 heterocycles. The van der Waals surface area contributed by atoms with Gasteiger partial charge in [-0.25, -0.2) is 0 Å². The van der Waals surface area contributed by atoms with Crippen LogP contribution in [0.5, 0.6) is 0 Å². The lowest BCUT2D eigenvalue weighted by Gasteiger charge is -2.11. The monoisotopic (exact) mass is 443 g/mol. The number of carbonyl (C=O) groups is 1. The predicted octanol–water partition coefficient (Wildman–Crippen LogP) is 3.33. The largest absolute Gasteiger partial charge is 0.325 e. The Morgan fingerprint density at radius 3 is 2.74 bits per heavy atom. The molecule has 1 N–H and O–H groups in total. The first kappa shape index (κ1) is 17.6. The molecule has 0 spiro atoms. The molecule has 0 aliphatic carbocycles. The number of thiophene rings is 1. The summed E-state index contributed by atoms with van der Waals surface area (Å²) in [6, 6.07) is 12.6. The van der Waals surface area contributed by atoms with Gasteiger partial charge < -0.3 is 9.88 Å². The first-order chi connectivity index (χ1) is 13.0. The minimum absolute atomic E-state index is 0.0221. The zero-order valence-corrected chi connectivity index (χ0v) is 16.6. The molecule has 0 fully saturated rings. The van der Waals surface area contributed by atoms with E-state index in [9.17, 15) is 9.59 Å². The Hall–Kier alpha value is -2.78. The summed E-state index contributed by atoms with van der Waals surface area (Å²) < 4.78 is 3.84. The van der Waals surface area contributed by atoms with Gasteiger partial charge in [-0.15, -0.1) is 16.4 Å². The zero-order valence-electron chi connectivity index (χ0n) is 14.2. The van der Waals surface area contributed by atoms with Gasteiger partial charge in [0, 0.05) is 21.9 Å². The van der Waals surface area contributed by atoms with Gasteiger partial charge in [0.25, 0.3) is 5.56 Å². The Kier molecular flexibility index (Phi) is 4.63. The van der Waals surface area contributed by atoms with Gasteiger partial charge in [-0.05, 0) is 42.6 Å². The molecule has 4 aromatic rings. The minimum Gasteiger partial charge on any atom is -0.325 e. The molecular weight excluding hydrogens is 430 g/mol. The van der Waals surface area contributed by atoms with E-state index < -0.39 is 0 Å². The molecular formula is C18H14BrN5O2S. The van der Waals surface area contributed by atoms with E-state index in [1.807, 2.05) is 41.8 Å². The minimum atomic E-state index is -0.276. The van der Waals surface area contributed by atoms with Crippen LogP contribution < -0.4 is 10.9 Å². The van der Waals surface area contributed by atoms with E-state index in [2.05, 4.69) is 31.3 Å². The van der Waals surface area contributed by atoms with Crippen molar-refractivity contribution in [2.24, 2.45) is 0 Å². The second kappa shape index (κ2) is 7.09. The topological polar surface area (TPSA) is 81.3 Å². The Bertz CT molecular complexity index is 1180. The number of hydrogen-bond acceptors (Lipinski definition) is 5. The molecule has 27 heavy (non-hydrogen) atoms. The third-order valence-corrected chi connectivity index (χ3v) is 5.36. The number of aromatic nitrogens is 4. The van der Waals surface area contributed by atoms with Crippen LogP contribution in [-0.2, 0) is 11.3 Å². The molecule has 1 aromatic carbocycles. The number of amides is 1. The van der Waals surface area contributed by atoms with Gasteiger partial charge in [-0.3, -0.25) is 9.59 Å². The predicted molar refractivity (Wildman–Crippen MR) is 108 cm³/mol. The summed E-state index contributed by atoms with van der Waals surface area (Å²) in [7, 11) is 0. The van der Waals surface area contributed by atoms with Gasteiger partial charge >= 0.3 is 0 Å². The van der Waals surface area contributed by atoms with Gasteiger partial charge in [0.2, 0.25) is 11.7 Å². The SMILES string of the molecule is Cc1cc(=O)n2nc(-c3cccs3)nc2n1CC(=O)Nc1ccc(Br)cc1. The van der Waals surface area contributed by atoms with Gasteiger partial charge in [-0.2, -0.15) is 9.50 Å². The third kappa shape index (κ3) is 3.56. The first-order valence-electron chi connectivity index (χ1n) is 8.08. The second-order valence-electron chi connectivity index (χ2n) is 5.89. The van der Waals surface area contributed by atoms with Crippen LogP contribution in [0.4, 0.5) is 5.69 Å². The molecule has 0 aliphatic rings. The van der Waals surface area contributed by atoms with E-state index in [-0.39, 0.29) is 18.0 Å². The highest BCUT2D eigenvalue weighted by Crippen LogP contribution is 2.21. The molecule has 0 saturated heterocycles. The van der Waals surface area contributed by atoms with Crippen LogP contribution in [0.15, 0.2) is 57.1 Å². The molecule has 1 amide bonds. The highest BCUT2D eigenvalue weighted by molar-refractivity contribution is 9.10. The summed E-state index contributed by atoms with van der Waals surface area (Å²) >= 11 is 4.86. The smallest absolute Gasteiger partial charge is 0.275 e. The summed E-state index contributed by atoms with van der Waals surface area (Å²) in [6.45, 7) is 1.79. The Morgan fingerprint density at radius 1 is 1.26 bits per heavy atom. The fraction of sp³-hybridized carbons (Fsp3) is 0.111. The molecule has 136 valence electrons. The number of benzene rings is 1. The fourth-order valence-corrected chi connectivity index (χ4v) is 3.60. The van der Waals surface area contributed by atoms with Gasteiger partial charge in [0.05, 0.1) is 4.88 Å². The van der Waals surface area contributed by atoms with Crippen LogP contribution in [0.1, 0.15) is 5.69 Å². The van der Waals surface area contributed by atoms with Crippen molar-refractivity contribution in [3.63, 3.8) is 0 Å². The number of carbonyl (C=O) groups excluding carboxylic acids is 1. The molecule has 9 heteroatoms. The molecule has 0 saturated carbocycles. The molecule has 0 bridgehead atoms. The van der Waals surface area contributed by atoms with E-state index in [1.165, 1.54) is 21.9 Å². The number of halogens is 1. The number of anilines is 1. The second-order valence-corrected chi connectivity index (χ2v) is 7.75.